The Hall–Kier alpha value is -3.26. The predicted octanol–water partition coefficient (Wildman–Crippen LogP) is 2.73. The lowest BCUT2D eigenvalue weighted by molar-refractivity contribution is -0.137. The van der Waals surface area contributed by atoms with E-state index in [0.29, 0.717) is 37.9 Å². The molecule has 3 aromatic rings. The van der Waals surface area contributed by atoms with E-state index in [-0.39, 0.29) is 18.3 Å². The molecule has 1 saturated heterocycles. The average molecular weight is 396 g/mol. The van der Waals surface area contributed by atoms with Gasteiger partial charge in [-0.05, 0) is 42.0 Å². The first-order valence-corrected chi connectivity index (χ1v) is 9.32. The van der Waals surface area contributed by atoms with E-state index >= 15 is 0 Å². The first-order valence-electron chi connectivity index (χ1n) is 9.32. The Kier molecular flexibility index (Phi) is 5.53. The Morgan fingerprint density at radius 2 is 1.97 bits per heavy atom. The van der Waals surface area contributed by atoms with Crippen molar-refractivity contribution in [2.75, 3.05) is 26.7 Å². The summed E-state index contributed by atoms with van der Waals surface area (Å²) in [5.74, 6) is 1.42. The van der Waals surface area contributed by atoms with Crippen LogP contribution in [0, 0.1) is 5.82 Å². The summed E-state index contributed by atoms with van der Waals surface area (Å²) in [6.07, 6.45) is 0. The SMILES string of the molecule is COc1ccc(-c2noc(CN3CCN(Cc4cccc(F)c4)C(=O)C3)n2)cc1. The molecule has 7 nitrogen and oxygen atoms in total. The number of methoxy groups -OCH3 is 1. The van der Waals surface area contributed by atoms with Crippen molar-refractivity contribution in [3.05, 3.63) is 65.8 Å². The van der Waals surface area contributed by atoms with E-state index in [9.17, 15) is 9.18 Å². The van der Waals surface area contributed by atoms with Gasteiger partial charge in [0.25, 0.3) is 0 Å². The molecule has 2 aromatic carbocycles. The second-order valence-corrected chi connectivity index (χ2v) is 6.90. The molecular formula is C21H21FN4O3. The second kappa shape index (κ2) is 8.40. The number of benzene rings is 2. The van der Waals surface area contributed by atoms with Gasteiger partial charge in [-0.2, -0.15) is 4.98 Å². The molecule has 0 unspecified atom stereocenters. The summed E-state index contributed by atoms with van der Waals surface area (Å²) >= 11 is 0. The minimum Gasteiger partial charge on any atom is -0.497 e. The maximum atomic E-state index is 13.3. The quantitative estimate of drug-likeness (QED) is 0.638. The summed E-state index contributed by atoms with van der Waals surface area (Å²) in [5, 5.41) is 4.02. The molecule has 0 radical (unpaired) electrons. The summed E-state index contributed by atoms with van der Waals surface area (Å²) in [6, 6.07) is 13.7. The number of carbonyl (C=O) groups is 1. The van der Waals surface area contributed by atoms with E-state index in [1.54, 1.807) is 18.1 Å². The number of carbonyl (C=O) groups excluding carboxylic acids is 1. The molecule has 1 fully saturated rings. The van der Waals surface area contributed by atoms with Crippen molar-refractivity contribution in [1.29, 1.82) is 0 Å². The maximum Gasteiger partial charge on any atom is 0.241 e. The van der Waals surface area contributed by atoms with Crippen molar-refractivity contribution in [3.8, 4) is 17.1 Å². The van der Waals surface area contributed by atoms with Gasteiger partial charge < -0.3 is 14.2 Å². The largest absolute Gasteiger partial charge is 0.497 e. The Morgan fingerprint density at radius 1 is 1.14 bits per heavy atom. The van der Waals surface area contributed by atoms with Gasteiger partial charge >= 0.3 is 0 Å². The number of piperazine rings is 1. The van der Waals surface area contributed by atoms with Crippen LogP contribution in [0.5, 0.6) is 5.75 Å². The fraction of sp³-hybridized carbons (Fsp3) is 0.286. The molecule has 8 heteroatoms. The normalized spacial score (nSPS) is 15.0. The highest BCUT2D eigenvalue weighted by molar-refractivity contribution is 5.79. The molecule has 0 spiro atoms. The van der Waals surface area contributed by atoms with Crippen LogP contribution in [0.1, 0.15) is 11.5 Å². The fourth-order valence-corrected chi connectivity index (χ4v) is 3.28. The molecule has 1 amide bonds. The van der Waals surface area contributed by atoms with Gasteiger partial charge in [0.05, 0.1) is 20.2 Å². The first kappa shape index (κ1) is 19.1. The van der Waals surface area contributed by atoms with Gasteiger partial charge in [0, 0.05) is 25.2 Å². The molecule has 0 bridgehead atoms. The third kappa shape index (κ3) is 4.60. The minimum absolute atomic E-state index is 0.00426. The molecule has 1 aliphatic heterocycles. The maximum absolute atomic E-state index is 13.3. The molecule has 1 aliphatic rings. The van der Waals surface area contributed by atoms with Crippen LogP contribution in [0.15, 0.2) is 53.1 Å². The van der Waals surface area contributed by atoms with Gasteiger partial charge in [0.1, 0.15) is 11.6 Å². The number of halogens is 1. The van der Waals surface area contributed by atoms with Crippen LogP contribution < -0.4 is 4.74 Å². The summed E-state index contributed by atoms with van der Waals surface area (Å²) in [6.45, 7) is 2.32. The minimum atomic E-state index is -0.294. The summed E-state index contributed by atoms with van der Waals surface area (Å²) < 4.78 is 23.8. The van der Waals surface area contributed by atoms with Crippen molar-refractivity contribution >= 4 is 5.91 Å². The van der Waals surface area contributed by atoms with E-state index in [1.807, 2.05) is 35.2 Å². The van der Waals surface area contributed by atoms with Gasteiger partial charge in [-0.25, -0.2) is 4.39 Å². The zero-order valence-corrected chi connectivity index (χ0v) is 16.0. The molecule has 2 heterocycles. The first-order chi connectivity index (χ1) is 14.1. The molecule has 0 atom stereocenters. The number of ether oxygens (including phenoxy) is 1. The number of amides is 1. The Balaban J connectivity index is 1.34. The molecule has 0 saturated carbocycles. The van der Waals surface area contributed by atoms with Crippen LogP contribution in [0.4, 0.5) is 4.39 Å². The van der Waals surface area contributed by atoms with Crippen LogP contribution >= 0.6 is 0 Å². The number of hydrogen-bond acceptors (Lipinski definition) is 6. The molecule has 0 N–H and O–H groups in total. The monoisotopic (exact) mass is 396 g/mol. The Labute approximate surface area is 167 Å². The molecule has 29 heavy (non-hydrogen) atoms. The average Bonchev–Trinajstić information content (AvgIpc) is 3.19. The molecular weight excluding hydrogens is 375 g/mol. The van der Waals surface area contributed by atoms with Gasteiger partial charge in [-0.1, -0.05) is 17.3 Å². The summed E-state index contributed by atoms with van der Waals surface area (Å²) in [5.41, 5.74) is 1.62. The Bertz CT molecular complexity index is 990. The lowest BCUT2D eigenvalue weighted by atomic mass is 10.2. The van der Waals surface area contributed by atoms with Gasteiger partial charge in [0.15, 0.2) is 0 Å². The highest BCUT2D eigenvalue weighted by atomic mass is 19.1. The van der Waals surface area contributed by atoms with Crippen molar-refractivity contribution in [3.63, 3.8) is 0 Å². The van der Waals surface area contributed by atoms with Crippen molar-refractivity contribution < 1.29 is 18.4 Å². The molecule has 150 valence electrons. The number of aromatic nitrogens is 2. The predicted molar refractivity (Wildman–Crippen MR) is 103 cm³/mol. The van der Waals surface area contributed by atoms with E-state index in [2.05, 4.69) is 10.1 Å². The van der Waals surface area contributed by atoms with Gasteiger partial charge in [0.2, 0.25) is 17.6 Å². The van der Waals surface area contributed by atoms with E-state index < -0.39 is 0 Å². The van der Waals surface area contributed by atoms with Crippen LogP contribution in [-0.4, -0.2) is 52.6 Å². The van der Waals surface area contributed by atoms with Crippen molar-refractivity contribution in [2.24, 2.45) is 0 Å². The third-order valence-electron chi connectivity index (χ3n) is 4.84. The summed E-state index contributed by atoms with van der Waals surface area (Å²) in [4.78, 5) is 20.6. The summed E-state index contributed by atoms with van der Waals surface area (Å²) in [7, 11) is 1.61. The van der Waals surface area contributed by atoms with E-state index in [0.717, 1.165) is 16.9 Å². The lowest BCUT2D eigenvalue weighted by Gasteiger charge is -2.33. The topological polar surface area (TPSA) is 71.7 Å². The smallest absolute Gasteiger partial charge is 0.241 e. The van der Waals surface area contributed by atoms with Crippen molar-refractivity contribution in [2.45, 2.75) is 13.1 Å². The second-order valence-electron chi connectivity index (χ2n) is 6.90. The highest BCUT2D eigenvalue weighted by Crippen LogP contribution is 2.20. The van der Waals surface area contributed by atoms with Gasteiger partial charge in [-0.3, -0.25) is 9.69 Å². The van der Waals surface area contributed by atoms with Crippen LogP contribution in [0.2, 0.25) is 0 Å². The fourth-order valence-electron chi connectivity index (χ4n) is 3.28. The van der Waals surface area contributed by atoms with Crippen LogP contribution in [0.25, 0.3) is 11.4 Å². The van der Waals surface area contributed by atoms with E-state index in [1.165, 1.54) is 12.1 Å². The van der Waals surface area contributed by atoms with Crippen molar-refractivity contribution in [1.82, 2.24) is 19.9 Å². The number of hydrogen-bond donors (Lipinski definition) is 0. The van der Waals surface area contributed by atoms with E-state index in [4.69, 9.17) is 9.26 Å². The molecule has 0 aliphatic carbocycles. The zero-order chi connectivity index (χ0) is 20.2. The standard InChI is InChI=1S/C21H21FN4O3/c1-28-18-7-5-16(6-8-18)21-23-19(29-24-21)13-25-9-10-26(20(27)14-25)12-15-3-2-4-17(22)11-15/h2-8,11H,9-10,12-14H2,1H3. The molecule has 4 rings (SSSR count). The zero-order valence-electron chi connectivity index (χ0n) is 16.0. The third-order valence-corrected chi connectivity index (χ3v) is 4.84. The number of nitrogens with zero attached hydrogens (tertiary/aromatic N) is 4. The van der Waals surface area contributed by atoms with Crippen LogP contribution in [-0.2, 0) is 17.9 Å². The Morgan fingerprint density at radius 3 is 2.69 bits per heavy atom. The number of rotatable bonds is 6. The lowest BCUT2D eigenvalue weighted by Crippen LogP contribution is -2.49. The van der Waals surface area contributed by atoms with Gasteiger partial charge in [-0.15, -0.1) is 0 Å². The highest BCUT2D eigenvalue weighted by Gasteiger charge is 2.25. The van der Waals surface area contributed by atoms with Crippen LogP contribution in [0.3, 0.4) is 0 Å². The molecule has 1 aromatic heterocycles.